The molecule has 0 spiro atoms. The lowest BCUT2D eigenvalue weighted by molar-refractivity contribution is -0.136. The fourth-order valence-electron chi connectivity index (χ4n) is 1.36. The molecule has 0 aliphatic carbocycles. The highest BCUT2D eigenvalue weighted by Gasteiger charge is 2.28. The van der Waals surface area contributed by atoms with E-state index in [0.29, 0.717) is 11.1 Å². The van der Waals surface area contributed by atoms with Crippen molar-refractivity contribution < 1.29 is 18.3 Å². The number of benzene rings is 1. The summed E-state index contributed by atoms with van der Waals surface area (Å²) >= 11 is 0. The SMILES string of the molecule is CC(C)(C)S(=O)(=O)Cc1ccc(CC(=O)O)cc1. The number of rotatable bonds is 4. The molecule has 0 bridgehead atoms. The lowest BCUT2D eigenvalue weighted by Gasteiger charge is -2.19. The zero-order valence-electron chi connectivity index (χ0n) is 10.8. The van der Waals surface area contributed by atoms with Crippen LogP contribution in [-0.2, 0) is 26.8 Å². The second kappa shape index (κ2) is 5.10. The Morgan fingerprint density at radius 2 is 1.56 bits per heavy atom. The smallest absolute Gasteiger partial charge is 0.307 e. The molecule has 1 rings (SSSR count). The highest BCUT2D eigenvalue weighted by atomic mass is 32.2. The molecule has 100 valence electrons. The van der Waals surface area contributed by atoms with Crippen LogP contribution in [0.5, 0.6) is 0 Å². The monoisotopic (exact) mass is 270 g/mol. The van der Waals surface area contributed by atoms with E-state index < -0.39 is 20.6 Å². The highest BCUT2D eigenvalue weighted by Crippen LogP contribution is 2.20. The molecule has 0 heterocycles. The van der Waals surface area contributed by atoms with E-state index in [1.807, 2.05) is 0 Å². The first-order chi connectivity index (χ1) is 8.12. The maximum atomic E-state index is 12.0. The summed E-state index contributed by atoms with van der Waals surface area (Å²) in [5.74, 6) is -0.922. The van der Waals surface area contributed by atoms with Gasteiger partial charge in [0.05, 0.1) is 16.9 Å². The maximum Gasteiger partial charge on any atom is 0.307 e. The topological polar surface area (TPSA) is 71.4 Å². The summed E-state index contributed by atoms with van der Waals surface area (Å²) < 4.78 is 23.2. The van der Waals surface area contributed by atoms with Crippen LogP contribution in [-0.4, -0.2) is 24.2 Å². The van der Waals surface area contributed by atoms with Gasteiger partial charge in [0.25, 0.3) is 0 Å². The van der Waals surface area contributed by atoms with Crippen LogP contribution in [0.4, 0.5) is 0 Å². The van der Waals surface area contributed by atoms with Crippen LogP contribution in [0.3, 0.4) is 0 Å². The van der Waals surface area contributed by atoms with Gasteiger partial charge in [-0.1, -0.05) is 24.3 Å². The van der Waals surface area contributed by atoms with Gasteiger partial charge >= 0.3 is 5.97 Å². The van der Waals surface area contributed by atoms with Crippen LogP contribution in [0.15, 0.2) is 24.3 Å². The lowest BCUT2D eigenvalue weighted by Crippen LogP contribution is -2.29. The summed E-state index contributed by atoms with van der Waals surface area (Å²) in [5, 5.41) is 8.63. The molecular formula is C13H18O4S. The minimum absolute atomic E-state index is 0.0240. The summed E-state index contributed by atoms with van der Waals surface area (Å²) in [4.78, 5) is 10.5. The molecule has 0 radical (unpaired) electrons. The average molecular weight is 270 g/mol. The molecule has 1 N–H and O–H groups in total. The highest BCUT2D eigenvalue weighted by molar-refractivity contribution is 7.91. The predicted octanol–water partition coefficient (Wildman–Crippen LogP) is 2.03. The second-order valence-corrected chi connectivity index (χ2v) is 8.00. The van der Waals surface area contributed by atoms with E-state index in [-0.39, 0.29) is 12.2 Å². The standard InChI is InChI=1S/C13H18O4S/c1-13(2,3)18(16,17)9-11-6-4-10(5-7-11)8-12(14)15/h4-7H,8-9H2,1-3H3,(H,14,15). The van der Waals surface area contributed by atoms with E-state index in [0.717, 1.165) is 0 Å². The maximum absolute atomic E-state index is 12.0. The molecule has 0 aromatic heterocycles. The third-order valence-electron chi connectivity index (χ3n) is 2.67. The number of carbonyl (C=O) groups is 1. The number of sulfone groups is 1. The number of hydrogen-bond acceptors (Lipinski definition) is 3. The molecule has 4 nitrogen and oxygen atoms in total. The van der Waals surface area contributed by atoms with E-state index in [1.165, 1.54) is 0 Å². The van der Waals surface area contributed by atoms with E-state index in [4.69, 9.17) is 5.11 Å². The van der Waals surface area contributed by atoms with Gasteiger partial charge in [-0.2, -0.15) is 0 Å². The minimum atomic E-state index is -3.20. The van der Waals surface area contributed by atoms with Crippen LogP contribution >= 0.6 is 0 Å². The molecule has 0 fully saturated rings. The second-order valence-electron chi connectivity index (χ2n) is 5.26. The minimum Gasteiger partial charge on any atom is -0.481 e. The Morgan fingerprint density at radius 1 is 1.11 bits per heavy atom. The molecule has 0 saturated carbocycles. The Bertz CT molecular complexity index is 521. The summed E-state index contributed by atoms with van der Waals surface area (Å²) in [6, 6.07) is 6.65. The average Bonchev–Trinajstić information content (AvgIpc) is 2.18. The Hall–Kier alpha value is -1.36. The van der Waals surface area contributed by atoms with Gasteiger partial charge in [0, 0.05) is 0 Å². The molecule has 0 aliphatic rings. The Kier molecular flexibility index (Phi) is 4.16. The van der Waals surface area contributed by atoms with Crippen molar-refractivity contribution in [2.24, 2.45) is 0 Å². The predicted molar refractivity (Wildman–Crippen MR) is 70.2 cm³/mol. The zero-order valence-corrected chi connectivity index (χ0v) is 11.6. The van der Waals surface area contributed by atoms with Crippen LogP contribution in [0.1, 0.15) is 31.9 Å². The first kappa shape index (κ1) is 14.7. The third kappa shape index (κ3) is 3.84. The molecule has 0 atom stereocenters. The van der Waals surface area contributed by atoms with Gasteiger partial charge in [0.15, 0.2) is 9.84 Å². The number of carboxylic acid groups (broad SMARTS) is 1. The van der Waals surface area contributed by atoms with Crippen LogP contribution in [0.2, 0.25) is 0 Å². The van der Waals surface area contributed by atoms with E-state index in [2.05, 4.69) is 0 Å². The quantitative estimate of drug-likeness (QED) is 0.908. The van der Waals surface area contributed by atoms with Gasteiger partial charge in [0.1, 0.15) is 0 Å². The third-order valence-corrected chi connectivity index (χ3v) is 5.25. The van der Waals surface area contributed by atoms with Gasteiger partial charge in [-0.3, -0.25) is 4.79 Å². The van der Waals surface area contributed by atoms with Gasteiger partial charge < -0.3 is 5.11 Å². The van der Waals surface area contributed by atoms with Crippen molar-refractivity contribution in [2.45, 2.75) is 37.7 Å². The van der Waals surface area contributed by atoms with Crippen LogP contribution in [0, 0.1) is 0 Å². The summed E-state index contributed by atoms with van der Waals surface area (Å²) in [5.41, 5.74) is 1.35. The molecule has 1 aromatic carbocycles. The molecule has 5 heteroatoms. The van der Waals surface area contributed by atoms with Gasteiger partial charge in [-0.15, -0.1) is 0 Å². The van der Waals surface area contributed by atoms with Crippen molar-refractivity contribution in [2.75, 3.05) is 0 Å². The van der Waals surface area contributed by atoms with Crippen LogP contribution in [0.25, 0.3) is 0 Å². The van der Waals surface area contributed by atoms with E-state index >= 15 is 0 Å². The van der Waals surface area contributed by atoms with E-state index in [1.54, 1.807) is 45.0 Å². The van der Waals surface area contributed by atoms with Crippen molar-refractivity contribution in [3.63, 3.8) is 0 Å². The van der Waals surface area contributed by atoms with Crippen molar-refractivity contribution in [1.29, 1.82) is 0 Å². The molecular weight excluding hydrogens is 252 g/mol. The summed E-state index contributed by atoms with van der Waals surface area (Å²) in [6.45, 7) is 5.00. The summed E-state index contributed by atoms with van der Waals surface area (Å²) in [6.07, 6.45) is -0.0493. The Morgan fingerprint density at radius 3 is 1.94 bits per heavy atom. The number of hydrogen-bond donors (Lipinski definition) is 1. The van der Waals surface area contributed by atoms with Gasteiger partial charge in [0.2, 0.25) is 0 Å². The summed E-state index contributed by atoms with van der Waals surface area (Å²) in [7, 11) is -3.20. The molecule has 0 aliphatic heterocycles. The fourth-order valence-corrected chi connectivity index (χ4v) is 2.43. The van der Waals surface area contributed by atoms with Crippen molar-refractivity contribution >= 4 is 15.8 Å². The zero-order chi connectivity index (χ0) is 14.0. The largest absolute Gasteiger partial charge is 0.481 e. The van der Waals surface area contributed by atoms with Crippen LogP contribution < -0.4 is 0 Å². The molecule has 0 unspecified atom stereocenters. The molecule has 0 amide bonds. The molecule has 0 saturated heterocycles. The number of carboxylic acids is 1. The molecule has 18 heavy (non-hydrogen) atoms. The molecule has 1 aromatic rings. The Labute approximate surface area is 108 Å². The number of aliphatic carboxylic acids is 1. The normalized spacial score (nSPS) is 12.4. The van der Waals surface area contributed by atoms with E-state index in [9.17, 15) is 13.2 Å². The van der Waals surface area contributed by atoms with Crippen molar-refractivity contribution in [3.8, 4) is 0 Å². The Balaban J connectivity index is 2.85. The first-order valence-electron chi connectivity index (χ1n) is 5.64. The fraction of sp³-hybridized carbons (Fsp3) is 0.462. The van der Waals surface area contributed by atoms with Gasteiger partial charge in [-0.05, 0) is 31.9 Å². The first-order valence-corrected chi connectivity index (χ1v) is 7.29. The van der Waals surface area contributed by atoms with Crippen molar-refractivity contribution in [1.82, 2.24) is 0 Å². The van der Waals surface area contributed by atoms with Crippen molar-refractivity contribution in [3.05, 3.63) is 35.4 Å². The lowest BCUT2D eigenvalue weighted by atomic mass is 10.1. The van der Waals surface area contributed by atoms with Gasteiger partial charge in [-0.25, -0.2) is 8.42 Å².